The van der Waals surface area contributed by atoms with Crippen LogP contribution in [0.5, 0.6) is 0 Å². The molecule has 0 aromatic rings. The Balaban J connectivity index is 3.32. The van der Waals surface area contributed by atoms with Gasteiger partial charge in [0.2, 0.25) is 5.91 Å². The van der Waals surface area contributed by atoms with Crippen molar-refractivity contribution in [2.45, 2.75) is 353 Å². The molecular formula is C63H121NO5. The van der Waals surface area contributed by atoms with Gasteiger partial charge in [-0.3, -0.25) is 9.59 Å². The molecule has 0 saturated heterocycles. The number of carbonyl (C=O) groups excluding carboxylic acids is 2. The molecule has 0 aliphatic rings. The number of amides is 1. The van der Waals surface area contributed by atoms with Crippen LogP contribution in [0, 0.1) is 0 Å². The predicted octanol–water partition coefficient (Wildman–Crippen LogP) is 19.4. The molecule has 0 saturated carbocycles. The summed E-state index contributed by atoms with van der Waals surface area (Å²) in [5, 5.41) is 22.9. The average Bonchev–Trinajstić information content (AvgIpc) is 3.35. The molecule has 0 bridgehead atoms. The summed E-state index contributed by atoms with van der Waals surface area (Å²) in [6.07, 6.45) is 72.4. The number of allylic oxidation sites excluding steroid dienone is 3. The van der Waals surface area contributed by atoms with E-state index in [0.29, 0.717) is 19.4 Å². The van der Waals surface area contributed by atoms with Crippen LogP contribution >= 0.6 is 0 Å². The van der Waals surface area contributed by atoms with Crippen molar-refractivity contribution in [3.8, 4) is 0 Å². The van der Waals surface area contributed by atoms with Crippen molar-refractivity contribution in [3.05, 3.63) is 24.3 Å². The molecule has 0 rings (SSSR count). The quantitative estimate of drug-likeness (QED) is 0.0321. The van der Waals surface area contributed by atoms with Crippen molar-refractivity contribution >= 4 is 11.9 Å². The lowest BCUT2D eigenvalue weighted by molar-refractivity contribution is -0.143. The molecule has 6 heteroatoms. The van der Waals surface area contributed by atoms with Gasteiger partial charge < -0.3 is 20.3 Å². The van der Waals surface area contributed by atoms with Crippen LogP contribution in [0.3, 0.4) is 0 Å². The summed E-state index contributed by atoms with van der Waals surface area (Å²) in [6, 6.07) is -0.623. The van der Waals surface area contributed by atoms with Gasteiger partial charge >= 0.3 is 5.97 Å². The third kappa shape index (κ3) is 55.5. The van der Waals surface area contributed by atoms with Crippen LogP contribution in [0.2, 0.25) is 0 Å². The molecule has 0 heterocycles. The summed E-state index contributed by atoms with van der Waals surface area (Å²) in [4.78, 5) is 24.5. The minimum absolute atomic E-state index is 0.0104. The van der Waals surface area contributed by atoms with Crippen LogP contribution in [0.1, 0.15) is 341 Å². The maximum absolute atomic E-state index is 12.4. The first-order chi connectivity index (χ1) is 34.0. The SMILES string of the molecule is CCCCCCCCC/C=C\CCCCCCCC(=O)OCCCCCCCCCCCCCCCCCCCCCCCCCCCCCC(=O)NC(CO)C(O)/C=C/CCCCCCCCC. The minimum Gasteiger partial charge on any atom is -0.466 e. The number of carbonyl (C=O) groups is 2. The number of hydrogen-bond donors (Lipinski definition) is 3. The summed E-state index contributed by atoms with van der Waals surface area (Å²) in [5.41, 5.74) is 0. The van der Waals surface area contributed by atoms with Crippen molar-refractivity contribution in [3.63, 3.8) is 0 Å². The van der Waals surface area contributed by atoms with E-state index in [1.807, 2.05) is 6.08 Å². The third-order valence-electron chi connectivity index (χ3n) is 14.5. The smallest absolute Gasteiger partial charge is 0.305 e. The Morgan fingerprint density at radius 3 is 1.03 bits per heavy atom. The molecule has 0 aromatic carbocycles. The first-order valence-corrected chi connectivity index (χ1v) is 31.1. The Bertz CT molecular complexity index is 1080. The van der Waals surface area contributed by atoms with Crippen LogP contribution in [0.25, 0.3) is 0 Å². The van der Waals surface area contributed by atoms with Crippen LogP contribution in [0.15, 0.2) is 24.3 Å². The zero-order valence-corrected chi connectivity index (χ0v) is 46.6. The van der Waals surface area contributed by atoms with Gasteiger partial charge in [0.25, 0.3) is 0 Å². The maximum atomic E-state index is 12.4. The maximum Gasteiger partial charge on any atom is 0.305 e. The largest absolute Gasteiger partial charge is 0.466 e. The van der Waals surface area contributed by atoms with Gasteiger partial charge in [-0.25, -0.2) is 0 Å². The number of aliphatic hydroxyl groups is 2. The van der Waals surface area contributed by atoms with Gasteiger partial charge in [-0.2, -0.15) is 0 Å². The van der Waals surface area contributed by atoms with E-state index < -0.39 is 12.1 Å². The van der Waals surface area contributed by atoms with E-state index in [4.69, 9.17) is 4.74 Å². The van der Waals surface area contributed by atoms with E-state index >= 15 is 0 Å². The van der Waals surface area contributed by atoms with Crippen molar-refractivity contribution in [2.75, 3.05) is 13.2 Å². The highest BCUT2D eigenvalue weighted by atomic mass is 16.5. The predicted molar refractivity (Wildman–Crippen MR) is 301 cm³/mol. The molecule has 0 fully saturated rings. The number of rotatable bonds is 58. The lowest BCUT2D eigenvalue weighted by Crippen LogP contribution is -2.45. The Morgan fingerprint density at radius 1 is 0.391 bits per heavy atom. The number of esters is 1. The zero-order valence-electron chi connectivity index (χ0n) is 46.6. The number of ether oxygens (including phenoxy) is 1. The summed E-state index contributed by atoms with van der Waals surface area (Å²) in [5.74, 6) is -0.0567. The summed E-state index contributed by atoms with van der Waals surface area (Å²) in [6.45, 7) is 4.89. The van der Waals surface area contributed by atoms with Gasteiger partial charge in [-0.15, -0.1) is 0 Å². The van der Waals surface area contributed by atoms with Gasteiger partial charge in [-0.05, 0) is 57.8 Å². The van der Waals surface area contributed by atoms with Crippen LogP contribution in [-0.2, 0) is 14.3 Å². The molecular weight excluding hydrogens is 851 g/mol. The van der Waals surface area contributed by atoms with E-state index in [2.05, 4.69) is 31.3 Å². The Morgan fingerprint density at radius 2 is 0.681 bits per heavy atom. The second kappa shape index (κ2) is 58.9. The molecule has 6 nitrogen and oxygen atoms in total. The van der Waals surface area contributed by atoms with Gasteiger partial charge in [-0.1, -0.05) is 295 Å². The first kappa shape index (κ1) is 67.3. The molecule has 0 aliphatic heterocycles. The van der Waals surface area contributed by atoms with E-state index in [-0.39, 0.29) is 18.5 Å². The molecule has 0 radical (unpaired) electrons. The highest BCUT2D eigenvalue weighted by Gasteiger charge is 2.18. The monoisotopic (exact) mass is 972 g/mol. The van der Waals surface area contributed by atoms with Crippen molar-refractivity contribution in [2.24, 2.45) is 0 Å². The number of unbranched alkanes of at least 4 members (excludes halogenated alkanes) is 45. The average molecular weight is 973 g/mol. The highest BCUT2D eigenvalue weighted by molar-refractivity contribution is 5.76. The Labute approximate surface area is 431 Å². The lowest BCUT2D eigenvalue weighted by Gasteiger charge is -2.20. The first-order valence-electron chi connectivity index (χ1n) is 31.1. The topological polar surface area (TPSA) is 95.9 Å². The van der Waals surface area contributed by atoms with Crippen molar-refractivity contribution in [1.29, 1.82) is 0 Å². The number of nitrogens with one attached hydrogen (secondary N) is 1. The highest BCUT2D eigenvalue weighted by Crippen LogP contribution is 2.18. The fourth-order valence-electron chi connectivity index (χ4n) is 9.69. The van der Waals surface area contributed by atoms with Crippen molar-refractivity contribution < 1.29 is 24.5 Å². The fraction of sp³-hybridized carbons (Fsp3) is 0.905. The summed E-state index contributed by atoms with van der Waals surface area (Å²) < 4.78 is 5.49. The molecule has 3 N–H and O–H groups in total. The van der Waals surface area contributed by atoms with Crippen molar-refractivity contribution in [1.82, 2.24) is 5.32 Å². The molecule has 0 aliphatic carbocycles. The van der Waals surface area contributed by atoms with Gasteiger partial charge in [0, 0.05) is 12.8 Å². The summed E-state index contributed by atoms with van der Waals surface area (Å²) >= 11 is 0. The van der Waals surface area contributed by atoms with E-state index in [0.717, 1.165) is 44.9 Å². The summed E-state index contributed by atoms with van der Waals surface area (Å²) in [7, 11) is 0. The van der Waals surface area contributed by atoms with E-state index in [1.54, 1.807) is 6.08 Å². The molecule has 0 spiro atoms. The number of hydrogen-bond acceptors (Lipinski definition) is 5. The van der Waals surface area contributed by atoms with E-state index in [1.165, 1.54) is 270 Å². The molecule has 2 unspecified atom stereocenters. The number of aliphatic hydroxyl groups excluding tert-OH is 2. The molecule has 69 heavy (non-hydrogen) atoms. The molecule has 408 valence electrons. The molecule has 0 aromatic heterocycles. The van der Waals surface area contributed by atoms with Crippen LogP contribution in [0.4, 0.5) is 0 Å². The van der Waals surface area contributed by atoms with Crippen LogP contribution < -0.4 is 5.32 Å². The Kier molecular flexibility index (Phi) is 57.5. The zero-order chi connectivity index (χ0) is 50.0. The third-order valence-corrected chi connectivity index (χ3v) is 14.5. The van der Waals surface area contributed by atoms with Gasteiger partial charge in [0.1, 0.15) is 0 Å². The standard InChI is InChI=1S/C63H121NO5/c1-3-5-7-9-11-13-14-15-16-31-34-37-41-45-49-53-57-63(68)69-58-54-50-46-42-38-35-32-29-27-25-23-21-19-17-18-20-22-24-26-28-30-33-36-40-44-48-52-56-62(67)64-60(59-65)61(66)55-51-47-43-39-12-10-8-6-4-2/h16,31,51,55,60-61,65-66H,3-15,17-30,32-50,52-54,56-59H2,1-2H3,(H,64,67)/b31-16-,55-51+. The van der Waals surface area contributed by atoms with Crippen LogP contribution in [-0.4, -0.2) is 47.4 Å². The second-order valence-corrected chi connectivity index (χ2v) is 21.4. The van der Waals surface area contributed by atoms with Gasteiger partial charge in [0.15, 0.2) is 0 Å². The molecule has 2 atom stereocenters. The lowest BCUT2D eigenvalue weighted by atomic mass is 10.0. The Hall–Kier alpha value is -1.66. The second-order valence-electron chi connectivity index (χ2n) is 21.4. The normalized spacial score (nSPS) is 12.7. The van der Waals surface area contributed by atoms with E-state index in [9.17, 15) is 19.8 Å². The molecule has 1 amide bonds. The fourth-order valence-corrected chi connectivity index (χ4v) is 9.69. The van der Waals surface area contributed by atoms with Gasteiger partial charge in [0.05, 0.1) is 25.4 Å². The minimum atomic E-state index is -0.840.